The van der Waals surface area contributed by atoms with E-state index in [2.05, 4.69) is 15.5 Å². The number of hydrazone groups is 1. The van der Waals surface area contributed by atoms with E-state index in [1.165, 1.54) is 12.1 Å². The Bertz CT molecular complexity index is 1140. The Morgan fingerprint density at radius 3 is 2.45 bits per heavy atom. The minimum atomic E-state index is -4.42. The third-order valence-corrected chi connectivity index (χ3v) is 4.49. The monoisotopic (exact) mass is 429 g/mol. The highest BCUT2D eigenvalue weighted by atomic mass is 19.4. The number of halogens is 3. The number of rotatable bonds is 5. The van der Waals surface area contributed by atoms with Gasteiger partial charge in [-0.05, 0) is 60.8 Å². The number of amides is 1. The van der Waals surface area contributed by atoms with Gasteiger partial charge in [0.05, 0.1) is 11.6 Å². The Hall–Kier alpha value is -3.95. The molecule has 0 saturated heterocycles. The highest BCUT2D eigenvalue weighted by Crippen LogP contribution is 2.33. The SMILES string of the molecule is CC(NC(=O)c1ccc2c(Oc3ccc(C(F)(F)F)cc3)cccc2c1)/C(N=N)=N/N. The van der Waals surface area contributed by atoms with Gasteiger partial charge in [-0.3, -0.25) is 4.79 Å². The van der Waals surface area contributed by atoms with Crippen LogP contribution in [0.5, 0.6) is 11.5 Å². The molecule has 10 heteroatoms. The maximum Gasteiger partial charge on any atom is 0.416 e. The van der Waals surface area contributed by atoms with Crippen LogP contribution in [0.25, 0.3) is 10.8 Å². The minimum absolute atomic E-state index is 0.0265. The Morgan fingerprint density at radius 1 is 1.13 bits per heavy atom. The predicted octanol–water partition coefficient (Wildman–Crippen LogP) is 5.07. The normalized spacial score (nSPS) is 13.0. The fourth-order valence-corrected chi connectivity index (χ4v) is 2.91. The topological polar surface area (TPSA) is 113 Å². The largest absolute Gasteiger partial charge is 0.457 e. The molecule has 3 aromatic rings. The number of carbonyl (C=O) groups excluding carboxylic acids is 1. The smallest absolute Gasteiger partial charge is 0.416 e. The van der Waals surface area contributed by atoms with Crippen molar-refractivity contribution in [1.29, 1.82) is 5.53 Å². The summed E-state index contributed by atoms with van der Waals surface area (Å²) < 4.78 is 43.9. The lowest BCUT2D eigenvalue weighted by molar-refractivity contribution is -0.137. The van der Waals surface area contributed by atoms with Gasteiger partial charge in [0.15, 0.2) is 5.84 Å². The maximum absolute atomic E-state index is 12.7. The van der Waals surface area contributed by atoms with Gasteiger partial charge in [-0.1, -0.05) is 12.1 Å². The fraction of sp³-hybridized carbons (Fsp3) is 0.143. The first-order valence-corrected chi connectivity index (χ1v) is 9.07. The van der Waals surface area contributed by atoms with Crippen molar-refractivity contribution in [3.8, 4) is 11.5 Å². The number of hydrogen-bond donors (Lipinski definition) is 3. The first kappa shape index (κ1) is 21.8. The summed E-state index contributed by atoms with van der Waals surface area (Å²) in [6, 6.07) is 13.8. The second-order valence-electron chi connectivity index (χ2n) is 6.61. The molecule has 7 nitrogen and oxygen atoms in total. The lowest BCUT2D eigenvalue weighted by Crippen LogP contribution is -2.38. The van der Waals surface area contributed by atoms with Gasteiger partial charge in [0, 0.05) is 10.9 Å². The average Bonchev–Trinajstić information content (AvgIpc) is 2.74. The second kappa shape index (κ2) is 8.82. The van der Waals surface area contributed by atoms with Gasteiger partial charge in [-0.2, -0.15) is 18.3 Å². The molecule has 0 saturated carbocycles. The third kappa shape index (κ3) is 4.97. The lowest BCUT2D eigenvalue weighted by Gasteiger charge is -2.13. The summed E-state index contributed by atoms with van der Waals surface area (Å²) in [6.45, 7) is 1.60. The third-order valence-electron chi connectivity index (χ3n) is 4.49. The zero-order valence-electron chi connectivity index (χ0n) is 16.3. The highest BCUT2D eigenvalue weighted by molar-refractivity contribution is 6.02. The van der Waals surface area contributed by atoms with Gasteiger partial charge in [-0.25, -0.2) is 5.53 Å². The number of hydrogen-bond acceptors (Lipinski definition) is 5. The lowest BCUT2D eigenvalue weighted by atomic mass is 10.1. The summed E-state index contributed by atoms with van der Waals surface area (Å²) in [5, 5.41) is 10.5. The number of amidine groups is 1. The summed E-state index contributed by atoms with van der Waals surface area (Å²) in [5.74, 6) is 5.39. The van der Waals surface area contributed by atoms with Gasteiger partial charge in [0.1, 0.15) is 11.5 Å². The highest BCUT2D eigenvalue weighted by Gasteiger charge is 2.30. The summed E-state index contributed by atoms with van der Waals surface area (Å²) in [7, 11) is 0. The molecule has 0 aliphatic heterocycles. The van der Waals surface area contributed by atoms with Crippen LogP contribution in [0.4, 0.5) is 13.2 Å². The molecule has 0 fully saturated rings. The van der Waals surface area contributed by atoms with Crippen LogP contribution in [-0.2, 0) is 6.18 Å². The van der Waals surface area contributed by atoms with Crippen molar-refractivity contribution < 1.29 is 22.7 Å². The first-order valence-electron chi connectivity index (χ1n) is 9.07. The Balaban J connectivity index is 1.83. The molecule has 0 aliphatic rings. The Kier molecular flexibility index (Phi) is 6.19. The van der Waals surface area contributed by atoms with Crippen molar-refractivity contribution in [3.05, 3.63) is 71.8 Å². The summed E-state index contributed by atoms with van der Waals surface area (Å²) in [5.41, 5.74) is 6.59. The molecule has 160 valence electrons. The molecular weight excluding hydrogens is 411 g/mol. The standard InChI is InChI=1S/C21H18F3N5O2/c1-12(19(28-25)29-26)27-20(30)14-5-10-17-13(11-14)3-2-4-18(17)31-16-8-6-15(7-9-16)21(22,23)24/h2-12,25H,26H2,1H3,(H,27,30)/b28-25?,29-19-. The number of nitrogens with zero attached hydrogens (tertiary/aromatic N) is 2. The zero-order valence-corrected chi connectivity index (χ0v) is 16.3. The number of fused-ring (bicyclic) bond motifs is 1. The molecular formula is C21H18F3N5O2. The van der Waals surface area contributed by atoms with Crippen molar-refractivity contribution in [2.24, 2.45) is 16.1 Å². The fourth-order valence-electron chi connectivity index (χ4n) is 2.91. The van der Waals surface area contributed by atoms with E-state index in [-0.39, 0.29) is 11.6 Å². The molecule has 0 spiro atoms. The molecule has 0 bridgehead atoms. The number of ether oxygens (including phenoxy) is 1. The molecule has 3 rings (SSSR count). The van der Waals surface area contributed by atoms with E-state index >= 15 is 0 Å². The van der Waals surface area contributed by atoms with Crippen LogP contribution in [0, 0.1) is 5.53 Å². The number of nitrogens with one attached hydrogen (secondary N) is 2. The van der Waals surface area contributed by atoms with Gasteiger partial charge in [0.2, 0.25) is 0 Å². The molecule has 1 unspecified atom stereocenters. The van der Waals surface area contributed by atoms with E-state index in [4.69, 9.17) is 16.1 Å². The number of benzene rings is 3. The predicted molar refractivity (Wildman–Crippen MR) is 109 cm³/mol. The van der Waals surface area contributed by atoms with Crippen molar-refractivity contribution in [1.82, 2.24) is 5.32 Å². The van der Waals surface area contributed by atoms with Crippen molar-refractivity contribution in [2.45, 2.75) is 19.1 Å². The quantitative estimate of drug-likeness (QED) is 0.173. The molecule has 0 radical (unpaired) electrons. The van der Waals surface area contributed by atoms with Crippen LogP contribution in [0.1, 0.15) is 22.8 Å². The van der Waals surface area contributed by atoms with E-state index in [0.29, 0.717) is 22.1 Å². The van der Waals surface area contributed by atoms with E-state index in [1.807, 2.05) is 0 Å². The van der Waals surface area contributed by atoms with E-state index < -0.39 is 23.7 Å². The minimum Gasteiger partial charge on any atom is -0.457 e. The van der Waals surface area contributed by atoms with Crippen LogP contribution in [0.3, 0.4) is 0 Å². The molecule has 1 atom stereocenters. The van der Waals surface area contributed by atoms with Gasteiger partial charge in [0.25, 0.3) is 5.91 Å². The van der Waals surface area contributed by atoms with Crippen LogP contribution >= 0.6 is 0 Å². The van der Waals surface area contributed by atoms with E-state index in [9.17, 15) is 18.0 Å². The molecule has 3 aromatic carbocycles. The van der Waals surface area contributed by atoms with Gasteiger partial charge in [-0.15, -0.1) is 5.11 Å². The van der Waals surface area contributed by atoms with Gasteiger partial charge >= 0.3 is 6.18 Å². The second-order valence-corrected chi connectivity index (χ2v) is 6.61. The summed E-state index contributed by atoms with van der Waals surface area (Å²) >= 11 is 0. The number of alkyl halides is 3. The molecule has 4 N–H and O–H groups in total. The van der Waals surface area contributed by atoms with Crippen LogP contribution in [-0.4, -0.2) is 17.8 Å². The van der Waals surface area contributed by atoms with E-state index in [1.54, 1.807) is 43.3 Å². The van der Waals surface area contributed by atoms with Crippen LogP contribution in [0.15, 0.2) is 70.9 Å². The van der Waals surface area contributed by atoms with Crippen LogP contribution < -0.4 is 15.9 Å². The molecule has 0 aliphatic carbocycles. The number of carbonyl (C=O) groups is 1. The maximum atomic E-state index is 12.7. The van der Waals surface area contributed by atoms with Gasteiger partial charge < -0.3 is 15.9 Å². The molecule has 0 heterocycles. The summed E-state index contributed by atoms with van der Waals surface area (Å²) in [4.78, 5) is 12.5. The summed E-state index contributed by atoms with van der Waals surface area (Å²) in [6.07, 6.45) is -4.42. The molecule has 1 amide bonds. The van der Waals surface area contributed by atoms with Crippen molar-refractivity contribution in [3.63, 3.8) is 0 Å². The molecule has 31 heavy (non-hydrogen) atoms. The van der Waals surface area contributed by atoms with Crippen LogP contribution in [0.2, 0.25) is 0 Å². The zero-order chi connectivity index (χ0) is 22.6. The molecule has 0 aromatic heterocycles. The Morgan fingerprint density at radius 2 is 1.84 bits per heavy atom. The van der Waals surface area contributed by atoms with E-state index in [0.717, 1.165) is 12.1 Å². The van der Waals surface area contributed by atoms with Crippen molar-refractivity contribution in [2.75, 3.05) is 0 Å². The number of nitrogens with two attached hydrogens (primary N) is 1. The first-order chi connectivity index (χ1) is 14.7. The average molecular weight is 429 g/mol. The van der Waals surface area contributed by atoms with Crippen molar-refractivity contribution >= 4 is 22.5 Å². The Labute approximate surface area is 175 Å².